The summed E-state index contributed by atoms with van der Waals surface area (Å²) in [5, 5.41) is 0.270. The number of rotatable bonds is 1. The molecule has 0 aromatic carbocycles. The van der Waals surface area contributed by atoms with E-state index in [4.69, 9.17) is 11.6 Å². The molecule has 0 spiro atoms. The van der Waals surface area contributed by atoms with E-state index in [1.807, 2.05) is 0 Å². The lowest BCUT2D eigenvalue weighted by Crippen LogP contribution is -2.17. The van der Waals surface area contributed by atoms with Crippen LogP contribution in [0.2, 0.25) is 0 Å². The molecule has 0 N–H and O–H groups in total. The zero-order chi connectivity index (χ0) is 12.5. The molecule has 5 heteroatoms. The standard InChI is InChI=1S/C12H11ClF3N/c13-9-1-2-10(8-3-5-17-6-4-8)11(7-9)12(14,15)16/h3,5,7H,1-2,4,6H2. The van der Waals surface area contributed by atoms with Crippen LogP contribution in [0.1, 0.15) is 19.3 Å². The molecule has 92 valence electrons. The Morgan fingerprint density at radius 3 is 2.53 bits per heavy atom. The number of nitrogens with zero attached hydrogens (tertiary/aromatic N) is 1. The van der Waals surface area contributed by atoms with Gasteiger partial charge in [-0.15, -0.1) is 0 Å². The Hall–Kier alpha value is -1.03. The molecule has 0 amide bonds. The summed E-state index contributed by atoms with van der Waals surface area (Å²) in [5.74, 6) is 0. The van der Waals surface area contributed by atoms with Gasteiger partial charge >= 0.3 is 6.18 Å². The number of allylic oxidation sites excluding steroid dienone is 5. The molecule has 1 nitrogen and oxygen atoms in total. The zero-order valence-electron chi connectivity index (χ0n) is 9.02. The molecule has 1 aliphatic heterocycles. The van der Waals surface area contributed by atoms with Gasteiger partial charge in [-0.1, -0.05) is 11.6 Å². The fourth-order valence-electron chi connectivity index (χ4n) is 2.02. The Morgan fingerprint density at radius 1 is 1.18 bits per heavy atom. The van der Waals surface area contributed by atoms with Crippen LogP contribution in [0, 0.1) is 0 Å². The Balaban J connectivity index is 2.46. The summed E-state index contributed by atoms with van der Waals surface area (Å²) in [6.45, 7) is 0.553. The van der Waals surface area contributed by atoms with Gasteiger partial charge in [0.2, 0.25) is 0 Å². The molecule has 2 aliphatic rings. The highest BCUT2D eigenvalue weighted by atomic mass is 35.5. The van der Waals surface area contributed by atoms with Crippen LogP contribution in [0.4, 0.5) is 13.2 Å². The number of aliphatic imine (C=N–C) groups is 1. The lowest BCUT2D eigenvalue weighted by Gasteiger charge is -2.22. The molecule has 17 heavy (non-hydrogen) atoms. The van der Waals surface area contributed by atoms with E-state index in [0.717, 1.165) is 11.6 Å². The summed E-state index contributed by atoms with van der Waals surface area (Å²) in [7, 11) is 0. The molecule has 1 aliphatic carbocycles. The van der Waals surface area contributed by atoms with E-state index in [0.29, 0.717) is 31.4 Å². The minimum atomic E-state index is -4.34. The quantitative estimate of drug-likeness (QED) is 0.672. The van der Waals surface area contributed by atoms with Crippen LogP contribution >= 0.6 is 11.6 Å². The Bertz CT molecular complexity index is 441. The third-order valence-electron chi connectivity index (χ3n) is 2.82. The van der Waals surface area contributed by atoms with Crippen molar-refractivity contribution in [1.82, 2.24) is 0 Å². The monoisotopic (exact) mass is 261 g/mol. The van der Waals surface area contributed by atoms with Crippen molar-refractivity contribution in [3.8, 4) is 0 Å². The molecule has 0 unspecified atom stereocenters. The Kier molecular flexibility index (Phi) is 3.43. The molecule has 0 aromatic heterocycles. The first kappa shape index (κ1) is 12.4. The lowest BCUT2D eigenvalue weighted by atomic mass is 9.88. The predicted octanol–water partition coefficient (Wildman–Crippen LogP) is 4.16. The summed E-state index contributed by atoms with van der Waals surface area (Å²) in [4.78, 5) is 3.98. The molecule has 0 radical (unpaired) electrons. The van der Waals surface area contributed by atoms with Crippen molar-refractivity contribution in [2.24, 2.45) is 4.99 Å². The van der Waals surface area contributed by atoms with Crippen LogP contribution in [0.3, 0.4) is 0 Å². The van der Waals surface area contributed by atoms with E-state index in [2.05, 4.69) is 4.99 Å². The maximum absolute atomic E-state index is 12.9. The van der Waals surface area contributed by atoms with Crippen LogP contribution in [-0.2, 0) is 0 Å². The van der Waals surface area contributed by atoms with Crippen molar-refractivity contribution in [2.45, 2.75) is 25.4 Å². The smallest absolute Gasteiger partial charge is 0.293 e. The first-order chi connectivity index (χ1) is 7.98. The van der Waals surface area contributed by atoms with Crippen molar-refractivity contribution in [2.75, 3.05) is 6.54 Å². The van der Waals surface area contributed by atoms with Crippen LogP contribution in [-0.4, -0.2) is 18.9 Å². The number of hydrogen-bond donors (Lipinski definition) is 0. The normalized spacial score (nSPS) is 21.4. The van der Waals surface area contributed by atoms with Gasteiger partial charge < -0.3 is 0 Å². The number of halogens is 4. The van der Waals surface area contributed by atoms with Crippen molar-refractivity contribution in [3.05, 3.63) is 33.9 Å². The van der Waals surface area contributed by atoms with E-state index in [-0.39, 0.29) is 5.03 Å². The van der Waals surface area contributed by atoms with Crippen LogP contribution < -0.4 is 0 Å². The third kappa shape index (κ3) is 2.80. The van der Waals surface area contributed by atoms with Gasteiger partial charge in [-0.3, -0.25) is 4.99 Å². The summed E-state index contributed by atoms with van der Waals surface area (Å²) < 4.78 is 38.7. The van der Waals surface area contributed by atoms with Gasteiger partial charge in [0.25, 0.3) is 0 Å². The van der Waals surface area contributed by atoms with Gasteiger partial charge in [-0.2, -0.15) is 13.2 Å². The molecule has 0 saturated carbocycles. The molecule has 0 atom stereocenters. The molecular weight excluding hydrogens is 251 g/mol. The highest BCUT2D eigenvalue weighted by Crippen LogP contribution is 2.40. The third-order valence-corrected chi connectivity index (χ3v) is 3.12. The van der Waals surface area contributed by atoms with E-state index < -0.39 is 11.7 Å². The summed E-state index contributed by atoms with van der Waals surface area (Å²) in [6.07, 6.45) is 1.33. The average Bonchev–Trinajstić information content (AvgIpc) is 2.29. The second-order valence-electron chi connectivity index (χ2n) is 3.98. The molecule has 0 fully saturated rings. The van der Waals surface area contributed by atoms with Crippen molar-refractivity contribution < 1.29 is 13.2 Å². The van der Waals surface area contributed by atoms with Crippen LogP contribution in [0.5, 0.6) is 0 Å². The van der Waals surface area contributed by atoms with E-state index in [1.54, 1.807) is 12.3 Å². The van der Waals surface area contributed by atoms with Gasteiger partial charge in [-0.25, -0.2) is 0 Å². The maximum Gasteiger partial charge on any atom is 0.416 e. The topological polar surface area (TPSA) is 12.4 Å². The molecule has 0 saturated heterocycles. The largest absolute Gasteiger partial charge is 0.416 e. The summed E-state index contributed by atoms with van der Waals surface area (Å²) in [6, 6.07) is 0. The fraction of sp³-hybridized carbons (Fsp3) is 0.417. The second-order valence-corrected chi connectivity index (χ2v) is 4.46. The van der Waals surface area contributed by atoms with Gasteiger partial charge in [-0.05, 0) is 42.6 Å². The molecular formula is C12H11ClF3N. The van der Waals surface area contributed by atoms with Gasteiger partial charge in [0.15, 0.2) is 0 Å². The molecule has 2 rings (SSSR count). The average molecular weight is 262 g/mol. The van der Waals surface area contributed by atoms with Crippen LogP contribution in [0.25, 0.3) is 0 Å². The van der Waals surface area contributed by atoms with Gasteiger partial charge in [0.1, 0.15) is 0 Å². The van der Waals surface area contributed by atoms with Crippen molar-refractivity contribution in [3.63, 3.8) is 0 Å². The van der Waals surface area contributed by atoms with Crippen LogP contribution in [0.15, 0.2) is 38.9 Å². The minimum Gasteiger partial charge on any atom is -0.293 e. The first-order valence-electron chi connectivity index (χ1n) is 5.34. The lowest BCUT2D eigenvalue weighted by molar-refractivity contribution is -0.0892. The van der Waals surface area contributed by atoms with E-state index in [9.17, 15) is 13.2 Å². The van der Waals surface area contributed by atoms with E-state index in [1.165, 1.54) is 0 Å². The number of alkyl halides is 3. The van der Waals surface area contributed by atoms with Gasteiger partial charge in [0, 0.05) is 17.8 Å². The zero-order valence-corrected chi connectivity index (χ0v) is 9.78. The number of dihydropyridines is 1. The van der Waals surface area contributed by atoms with Gasteiger partial charge in [0.05, 0.1) is 5.57 Å². The summed E-state index contributed by atoms with van der Waals surface area (Å²) in [5.41, 5.74) is 0.496. The molecule has 1 heterocycles. The maximum atomic E-state index is 12.9. The SMILES string of the molecule is FC(F)(F)C1=C(C2=CC=NCC2)CCC(Cl)=C1. The number of hydrogen-bond acceptors (Lipinski definition) is 1. The predicted molar refractivity (Wildman–Crippen MR) is 62.3 cm³/mol. The fourth-order valence-corrected chi connectivity index (χ4v) is 2.22. The van der Waals surface area contributed by atoms with Crippen molar-refractivity contribution in [1.29, 1.82) is 0 Å². The first-order valence-corrected chi connectivity index (χ1v) is 5.72. The minimum absolute atomic E-state index is 0.270. The Labute approximate surface area is 102 Å². The Morgan fingerprint density at radius 2 is 1.94 bits per heavy atom. The van der Waals surface area contributed by atoms with Crippen molar-refractivity contribution >= 4 is 17.8 Å². The molecule has 0 bridgehead atoms. The summed E-state index contributed by atoms with van der Waals surface area (Å²) >= 11 is 5.70. The molecule has 0 aromatic rings. The second kappa shape index (κ2) is 4.69. The highest BCUT2D eigenvalue weighted by molar-refractivity contribution is 6.29. The van der Waals surface area contributed by atoms with E-state index >= 15 is 0 Å². The highest BCUT2D eigenvalue weighted by Gasteiger charge is 2.37.